The summed E-state index contributed by atoms with van der Waals surface area (Å²) < 4.78 is 1.11. The number of nitrogens with zero attached hydrogens (tertiary/aromatic N) is 2. The largest absolute Gasteiger partial charge is 0.277 e. The van der Waals surface area contributed by atoms with Gasteiger partial charge < -0.3 is 0 Å². The number of thiol groups is 1. The summed E-state index contributed by atoms with van der Waals surface area (Å²) in [7, 11) is 0. The first kappa shape index (κ1) is 7.08. The van der Waals surface area contributed by atoms with Gasteiger partial charge in [0.05, 0.1) is 0 Å². The minimum Gasteiger partial charge on any atom is -0.277 e. The second-order valence-corrected chi connectivity index (χ2v) is 2.07. The maximum absolute atomic E-state index is 10.1. The fraction of sp³-hybridized carbons (Fsp3) is 0. The van der Waals surface area contributed by atoms with E-state index in [0.29, 0.717) is 12.2 Å². The standard InChI is InChI=1S/C6H6N2OS/c9-5-8(10)6-3-1-2-4-7-6/h1-5,10H. The van der Waals surface area contributed by atoms with E-state index in [9.17, 15) is 4.79 Å². The van der Waals surface area contributed by atoms with Gasteiger partial charge in [-0.2, -0.15) is 0 Å². The van der Waals surface area contributed by atoms with Crippen LogP contribution in [0.4, 0.5) is 5.82 Å². The van der Waals surface area contributed by atoms with Gasteiger partial charge in [-0.1, -0.05) is 18.9 Å². The van der Waals surface area contributed by atoms with E-state index in [1.807, 2.05) is 0 Å². The smallest absolute Gasteiger partial charge is 0.225 e. The molecule has 52 valence electrons. The number of hydrogen-bond donors (Lipinski definition) is 1. The lowest BCUT2D eigenvalue weighted by molar-refractivity contribution is -0.106. The lowest BCUT2D eigenvalue weighted by Gasteiger charge is -2.04. The zero-order valence-corrected chi connectivity index (χ0v) is 6.03. The minimum absolute atomic E-state index is 0.529. The lowest BCUT2D eigenvalue weighted by Crippen LogP contribution is -2.07. The van der Waals surface area contributed by atoms with Gasteiger partial charge in [0.2, 0.25) is 6.41 Å². The molecule has 0 atom stereocenters. The second kappa shape index (κ2) is 3.22. The number of anilines is 1. The fourth-order valence-corrected chi connectivity index (χ4v) is 0.662. The van der Waals surface area contributed by atoms with Crippen molar-refractivity contribution in [2.45, 2.75) is 0 Å². The molecule has 10 heavy (non-hydrogen) atoms. The molecule has 1 aromatic rings. The maximum Gasteiger partial charge on any atom is 0.225 e. The Bertz CT molecular complexity index is 214. The molecule has 0 aliphatic heterocycles. The number of hydrogen-bond acceptors (Lipinski definition) is 3. The van der Waals surface area contributed by atoms with Gasteiger partial charge in [0.25, 0.3) is 0 Å². The summed E-state index contributed by atoms with van der Waals surface area (Å²) in [6, 6.07) is 5.26. The zero-order valence-electron chi connectivity index (χ0n) is 5.14. The van der Waals surface area contributed by atoms with Crippen LogP contribution < -0.4 is 4.31 Å². The quantitative estimate of drug-likeness (QED) is 0.507. The highest BCUT2D eigenvalue weighted by Gasteiger charge is 1.96. The van der Waals surface area contributed by atoms with Crippen LogP contribution in [0.15, 0.2) is 24.4 Å². The Morgan fingerprint density at radius 1 is 1.60 bits per heavy atom. The molecule has 0 aromatic carbocycles. The van der Waals surface area contributed by atoms with Crippen molar-refractivity contribution in [2.75, 3.05) is 4.31 Å². The van der Waals surface area contributed by atoms with E-state index in [2.05, 4.69) is 17.8 Å². The third-order valence-electron chi connectivity index (χ3n) is 0.984. The first-order valence-corrected chi connectivity index (χ1v) is 3.09. The van der Waals surface area contributed by atoms with Crippen molar-refractivity contribution in [3.63, 3.8) is 0 Å². The summed E-state index contributed by atoms with van der Waals surface area (Å²) in [4.78, 5) is 14.0. The van der Waals surface area contributed by atoms with Crippen LogP contribution in [0, 0.1) is 0 Å². The summed E-state index contributed by atoms with van der Waals surface area (Å²) in [5.41, 5.74) is 0. The summed E-state index contributed by atoms with van der Waals surface area (Å²) in [6.45, 7) is 0. The van der Waals surface area contributed by atoms with Gasteiger partial charge in [-0.15, -0.1) is 0 Å². The summed E-state index contributed by atoms with van der Waals surface area (Å²) in [5.74, 6) is 0.529. The van der Waals surface area contributed by atoms with E-state index < -0.39 is 0 Å². The summed E-state index contributed by atoms with van der Waals surface area (Å²) >= 11 is 3.82. The van der Waals surface area contributed by atoms with Gasteiger partial charge in [0.15, 0.2) is 0 Å². The Morgan fingerprint density at radius 2 is 2.40 bits per heavy atom. The molecule has 0 unspecified atom stereocenters. The molecule has 3 nitrogen and oxygen atoms in total. The second-order valence-electron chi connectivity index (χ2n) is 1.64. The molecule has 0 aliphatic rings. The van der Waals surface area contributed by atoms with E-state index in [1.54, 1.807) is 24.4 Å². The highest BCUT2D eigenvalue weighted by molar-refractivity contribution is 7.82. The third kappa shape index (κ3) is 1.48. The van der Waals surface area contributed by atoms with Crippen LogP contribution >= 0.6 is 12.8 Å². The van der Waals surface area contributed by atoms with Crippen LogP contribution in [-0.2, 0) is 4.79 Å². The predicted octanol–water partition coefficient (Wildman–Crippen LogP) is 0.889. The van der Waals surface area contributed by atoms with Crippen molar-refractivity contribution in [1.29, 1.82) is 0 Å². The van der Waals surface area contributed by atoms with E-state index >= 15 is 0 Å². The summed E-state index contributed by atoms with van der Waals surface area (Å²) in [5, 5.41) is 0. The Kier molecular flexibility index (Phi) is 2.28. The SMILES string of the molecule is O=CN(S)c1ccccn1. The topological polar surface area (TPSA) is 33.2 Å². The molecule has 1 rings (SSSR count). The van der Waals surface area contributed by atoms with Crippen LogP contribution in [0.5, 0.6) is 0 Å². The Labute approximate surface area is 64.2 Å². The molecule has 0 spiro atoms. The number of carbonyl (C=O) groups is 1. The molecule has 0 aliphatic carbocycles. The normalized spacial score (nSPS) is 8.90. The van der Waals surface area contributed by atoms with Gasteiger partial charge >= 0.3 is 0 Å². The van der Waals surface area contributed by atoms with Crippen LogP contribution in [0.2, 0.25) is 0 Å². The number of rotatable bonds is 2. The van der Waals surface area contributed by atoms with E-state index in [1.165, 1.54) is 0 Å². The van der Waals surface area contributed by atoms with Gasteiger partial charge in [0, 0.05) is 6.20 Å². The molecule has 0 radical (unpaired) electrons. The molecule has 0 N–H and O–H groups in total. The molecule has 0 saturated carbocycles. The molecule has 4 heteroatoms. The number of amides is 1. The predicted molar refractivity (Wildman–Crippen MR) is 41.8 cm³/mol. The van der Waals surface area contributed by atoms with Crippen LogP contribution in [0.1, 0.15) is 0 Å². The maximum atomic E-state index is 10.1. The third-order valence-corrected chi connectivity index (χ3v) is 1.28. The number of pyridine rings is 1. The number of carbonyl (C=O) groups excluding carboxylic acids is 1. The first-order valence-electron chi connectivity index (χ1n) is 2.69. The minimum atomic E-state index is 0.529. The van der Waals surface area contributed by atoms with Crippen LogP contribution in [0.25, 0.3) is 0 Å². The molecule has 0 fully saturated rings. The molecular formula is C6H6N2OS. The van der Waals surface area contributed by atoms with Crippen molar-refractivity contribution >= 4 is 25.0 Å². The molecule has 1 heterocycles. The van der Waals surface area contributed by atoms with Crippen molar-refractivity contribution in [3.05, 3.63) is 24.4 Å². The van der Waals surface area contributed by atoms with Gasteiger partial charge in [-0.3, -0.25) is 4.79 Å². The average Bonchev–Trinajstić information content (AvgIpc) is 2.05. The van der Waals surface area contributed by atoms with Crippen molar-refractivity contribution in [1.82, 2.24) is 4.98 Å². The number of aromatic nitrogens is 1. The molecule has 1 amide bonds. The Hall–Kier alpha value is -1.03. The highest BCUT2D eigenvalue weighted by atomic mass is 32.1. The average molecular weight is 154 g/mol. The van der Waals surface area contributed by atoms with E-state index in [0.717, 1.165) is 4.31 Å². The zero-order chi connectivity index (χ0) is 7.40. The van der Waals surface area contributed by atoms with E-state index in [4.69, 9.17) is 0 Å². The van der Waals surface area contributed by atoms with Crippen molar-refractivity contribution < 1.29 is 4.79 Å². The molecule has 0 saturated heterocycles. The van der Waals surface area contributed by atoms with Crippen molar-refractivity contribution in [2.24, 2.45) is 0 Å². The van der Waals surface area contributed by atoms with Gasteiger partial charge in [0.1, 0.15) is 5.82 Å². The highest BCUT2D eigenvalue weighted by Crippen LogP contribution is 2.07. The molecule has 0 bridgehead atoms. The van der Waals surface area contributed by atoms with Crippen LogP contribution in [-0.4, -0.2) is 11.4 Å². The summed E-state index contributed by atoms with van der Waals surface area (Å²) in [6.07, 6.45) is 2.19. The Morgan fingerprint density at radius 3 is 2.90 bits per heavy atom. The lowest BCUT2D eigenvalue weighted by atomic mass is 10.5. The van der Waals surface area contributed by atoms with Gasteiger partial charge in [-0.25, -0.2) is 9.29 Å². The fourth-order valence-electron chi connectivity index (χ4n) is 0.543. The van der Waals surface area contributed by atoms with Crippen LogP contribution in [0.3, 0.4) is 0 Å². The molecular weight excluding hydrogens is 148 g/mol. The van der Waals surface area contributed by atoms with Crippen molar-refractivity contribution in [3.8, 4) is 0 Å². The first-order chi connectivity index (χ1) is 4.84. The van der Waals surface area contributed by atoms with E-state index in [-0.39, 0.29) is 0 Å². The monoisotopic (exact) mass is 154 g/mol. The van der Waals surface area contributed by atoms with Gasteiger partial charge in [-0.05, 0) is 12.1 Å². The Balaban J connectivity index is 2.84. The molecule has 1 aromatic heterocycles.